The smallest absolute Gasteiger partial charge is 0.378 e. The van der Waals surface area contributed by atoms with Crippen LogP contribution in [0.15, 0.2) is 0 Å². The van der Waals surface area contributed by atoms with Gasteiger partial charge in [0, 0.05) is 6.54 Å². The first-order valence-corrected chi connectivity index (χ1v) is 4.88. The predicted molar refractivity (Wildman–Crippen MR) is 50.8 cm³/mol. The van der Waals surface area contributed by atoms with Gasteiger partial charge in [-0.3, -0.25) is 0 Å². The van der Waals surface area contributed by atoms with Crippen LogP contribution in [0.2, 0.25) is 0 Å². The van der Waals surface area contributed by atoms with Crippen LogP contribution in [0.5, 0.6) is 0 Å². The number of hydrogen-bond donors (Lipinski definition) is 1. The molecular formula is C9H18F3NO2. The minimum Gasteiger partial charge on any atom is -0.378 e. The van der Waals surface area contributed by atoms with Crippen molar-refractivity contribution in [3.8, 4) is 0 Å². The van der Waals surface area contributed by atoms with Gasteiger partial charge in [0.05, 0.1) is 32.5 Å². The average Bonchev–Trinajstić information content (AvgIpc) is 2.07. The molecule has 0 saturated heterocycles. The van der Waals surface area contributed by atoms with Crippen molar-refractivity contribution in [2.24, 2.45) is 0 Å². The van der Waals surface area contributed by atoms with Crippen LogP contribution in [-0.2, 0) is 9.47 Å². The highest BCUT2D eigenvalue weighted by Gasteiger charge is 2.25. The van der Waals surface area contributed by atoms with Gasteiger partial charge in [-0.25, -0.2) is 0 Å². The van der Waals surface area contributed by atoms with E-state index in [2.05, 4.69) is 5.32 Å². The number of nitrogens with one attached hydrogen (secondary N) is 1. The Balaban J connectivity index is 3.06. The molecule has 3 nitrogen and oxygen atoms in total. The summed E-state index contributed by atoms with van der Waals surface area (Å²) in [6.07, 6.45) is -4.00. The number of hydrogen-bond acceptors (Lipinski definition) is 3. The maximum Gasteiger partial charge on any atom is 0.401 e. The Kier molecular flexibility index (Phi) is 7.72. The van der Waals surface area contributed by atoms with Gasteiger partial charge >= 0.3 is 6.18 Å². The maximum atomic E-state index is 11.7. The molecule has 0 bridgehead atoms. The lowest BCUT2D eigenvalue weighted by molar-refractivity contribution is -0.125. The normalized spacial score (nSPS) is 12.4. The molecule has 15 heavy (non-hydrogen) atoms. The van der Waals surface area contributed by atoms with Crippen LogP contribution in [0.4, 0.5) is 13.2 Å². The molecule has 0 aliphatic carbocycles. The number of rotatable bonds is 8. The van der Waals surface area contributed by atoms with Gasteiger partial charge in [0.25, 0.3) is 0 Å². The maximum absolute atomic E-state index is 11.7. The second-order valence-electron chi connectivity index (χ2n) is 3.32. The molecule has 1 N–H and O–H groups in total. The Labute approximate surface area is 87.9 Å². The average molecular weight is 229 g/mol. The van der Waals surface area contributed by atoms with E-state index in [1.54, 1.807) is 0 Å². The zero-order valence-corrected chi connectivity index (χ0v) is 9.06. The topological polar surface area (TPSA) is 30.5 Å². The fourth-order valence-electron chi connectivity index (χ4n) is 0.819. The Bertz CT molecular complexity index is 151. The SMILES string of the molecule is CC(C)OCCOCCNCC(F)(F)F. The van der Waals surface area contributed by atoms with Crippen LogP contribution in [0.3, 0.4) is 0 Å². The molecule has 92 valence electrons. The summed E-state index contributed by atoms with van der Waals surface area (Å²) in [6, 6.07) is 0. The highest BCUT2D eigenvalue weighted by atomic mass is 19.4. The number of halogens is 3. The molecule has 0 aliphatic rings. The quantitative estimate of drug-likeness (QED) is 0.641. The lowest BCUT2D eigenvalue weighted by atomic mass is 10.5. The van der Waals surface area contributed by atoms with Crippen molar-refractivity contribution in [3.63, 3.8) is 0 Å². The van der Waals surface area contributed by atoms with E-state index in [0.29, 0.717) is 13.2 Å². The Morgan fingerprint density at radius 2 is 1.80 bits per heavy atom. The Hall–Kier alpha value is -0.330. The van der Waals surface area contributed by atoms with Crippen LogP contribution in [0.1, 0.15) is 13.8 Å². The molecule has 6 heteroatoms. The summed E-state index contributed by atoms with van der Waals surface area (Å²) in [5.74, 6) is 0. The summed E-state index contributed by atoms with van der Waals surface area (Å²) in [7, 11) is 0. The minimum absolute atomic E-state index is 0.150. The fraction of sp³-hybridized carbons (Fsp3) is 1.00. The van der Waals surface area contributed by atoms with Crippen LogP contribution < -0.4 is 5.32 Å². The van der Waals surface area contributed by atoms with Gasteiger partial charge in [0.2, 0.25) is 0 Å². The van der Waals surface area contributed by atoms with E-state index in [0.717, 1.165) is 0 Å². The number of ether oxygens (including phenoxy) is 2. The highest BCUT2D eigenvalue weighted by molar-refractivity contribution is 4.54. The zero-order valence-electron chi connectivity index (χ0n) is 9.06. The molecule has 0 heterocycles. The summed E-state index contributed by atoms with van der Waals surface area (Å²) >= 11 is 0. The molecule has 0 aromatic carbocycles. The lowest BCUT2D eigenvalue weighted by Gasteiger charge is -2.09. The van der Waals surface area contributed by atoms with E-state index in [9.17, 15) is 13.2 Å². The molecule has 0 fully saturated rings. The molecule has 0 unspecified atom stereocenters. The lowest BCUT2D eigenvalue weighted by Crippen LogP contribution is -2.31. The standard InChI is InChI=1S/C9H18F3NO2/c1-8(2)15-6-5-14-4-3-13-7-9(10,11)12/h8,13H,3-7H2,1-2H3. The van der Waals surface area contributed by atoms with Crippen molar-refractivity contribution in [2.45, 2.75) is 26.1 Å². The van der Waals surface area contributed by atoms with Gasteiger partial charge < -0.3 is 14.8 Å². The molecule has 0 rings (SSSR count). The molecule has 0 spiro atoms. The summed E-state index contributed by atoms with van der Waals surface area (Å²) in [5.41, 5.74) is 0. The molecule has 0 amide bonds. The van der Waals surface area contributed by atoms with E-state index in [4.69, 9.17) is 9.47 Å². The van der Waals surface area contributed by atoms with Gasteiger partial charge in [0.1, 0.15) is 0 Å². The highest BCUT2D eigenvalue weighted by Crippen LogP contribution is 2.11. The van der Waals surface area contributed by atoms with Crippen molar-refractivity contribution in [1.29, 1.82) is 0 Å². The van der Waals surface area contributed by atoms with Crippen molar-refractivity contribution < 1.29 is 22.6 Å². The fourth-order valence-corrected chi connectivity index (χ4v) is 0.819. The van der Waals surface area contributed by atoms with Crippen LogP contribution in [0, 0.1) is 0 Å². The van der Waals surface area contributed by atoms with Crippen LogP contribution in [-0.4, -0.2) is 45.2 Å². The third-order valence-electron chi connectivity index (χ3n) is 1.43. The summed E-state index contributed by atoms with van der Waals surface area (Å²) < 4.78 is 45.2. The van der Waals surface area contributed by atoms with Gasteiger partial charge in [-0.15, -0.1) is 0 Å². The molecule has 0 radical (unpaired) electrons. The first-order valence-electron chi connectivity index (χ1n) is 4.88. The van der Waals surface area contributed by atoms with Crippen molar-refractivity contribution in [2.75, 3.05) is 32.9 Å². The summed E-state index contributed by atoms with van der Waals surface area (Å²) in [6.45, 7) is 4.18. The predicted octanol–water partition coefficient (Wildman–Crippen LogP) is 1.58. The molecule has 0 atom stereocenters. The van der Waals surface area contributed by atoms with Crippen molar-refractivity contribution in [3.05, 3.63) is 0 Å². The monoisotopic (exact) mass is 229 g/mol. The van der Waals surface area contributed by atoms with Crippen molar-refractivity contribution in [1.82, 2.24) is 5.32 Å². The van der Waals surface area contributed by atoms with E-state index >= 15 is 0 Å². The number of alkyl halides is 3. The summed E-state index contributed by atoms with van der Waals surface area (Å²) in [5, 5.41) is 2.23. The van der Waals surface area contributed by atoms with Gasteiger partial charge in [-0.1, -0.05) is 0 Å². The second-order valence-corrected chi connectivity index (χ2v) is 3.32. The molecule has 0 aliphatic heterocycles. The molecule has 0 aromatic rings. The van der Waals surface area contributed by atoms with E-state index in [-0.39, 0.29) is 19.3 Å². The van der Waals surface area contributed by atoms with E-state index < -0.39 is 12.7 Å². The van der Waals surface area contributed by atoms with E-state index in [1.807, 2.05) is 13.8 Å². The Morgan fingerprint density at radius 1 is 1.13 bits per heavy atom. The van der Waals surface area contributed by atoms with Crippen LogP contribution in [0.25, 0.3) is 0 Å². The third kappa shape index (κ3) is 13.7. The first-order chi connectivity index (χ1) is 6.92. The minimum atomic E-state index is -4.15. The Morgan fingerprint density at radius 3 is 2.33 bits per heavy atom. The first kappa shape index (κ1) is 14.7. The summed E-state index contributed by atoms with van der Waals surface area (Å²) in [4.78, 5) is 0. The largest absolute Gasteiger partial charge is 0.401 e. The van der Waals surface area contributed by atoms with Crippen molar-refractivity contribution >= 4 is 0 Å². The third-order valence-corrected chi connectivity index (χ3v) is 1.43. The van der Waals surface area contributed by atoms with E-state index in [1.165, 1.54) is 0 Å². The van der Waals surface area contributed by atoms with Gasteiger partial charge in [-0.05, 0) is 13.8 Å². The molecular weight excluding hydrogens is 211 g/mol. The van der Waals surface area contributed by atoms with Gasteiger partial charge in [-0.2, -0.15) is 13.2 Å². The molecule has 0 saturated carbocycles. The zero-order chi connectivity index (χ0) is 11.7. The van der Waals surface area contributed by atoms with Gasteiger partial charge in [0.15, 0.2) is 0 Å². The molecule has 0 aromatic heterocycles. The van der Waals surface area contributed by atoms with Crippen LogP contribution >= 0.6 is 0 Å². The second kappa shape index (κ2) is 7.90.